The number of benzene rings is 2. The van der Waals surface area contributed by atoms with E-state index in [1.165, 1.54) is 36.4 Å². The monoisotopic (exact) mass is 438 g/mol. The summed E-state index contributed by atoms with van der Waals surface area (Å²) in [6.07, 6.45) is 1.71. The van der Waals surface area contributed by atoms with Crippen LogP contribution in [0.2, 0.25) is 5.02 Å². The van der Waals surface area contributed by atoms with Crippen LogP contribution in [-0.4, -0.2) is 19.1 Å². The van der Waals surface area contributed by atoms with Gasteiger partial charge in [0, 0.05) is 22.5 Å². The molecule has 10 heteroatoms. The molecule has 156 valence electrons. The number of rotatable bonds is 9. The average molecular weight is 439 g/mol. The predicted molar refractivity (Wildman–Crippen MR) is 116 cm³/mol. The number of nitro benzene ring substituents is 1. The van der Waals surface area contributed by atoms with Crippen LogP contribution < -0.4 is 10.1 Å². The largest absolute Gasteiger partial charge is 0.295 e. The first kappa shape index (κ1) is 22.6. The number of anilines is 2. The van der Waals surface area contributed by atoms with Gasteiger partial charge in [0.2, 0.25) is 0 Å². The van der Waals surface area contributed by atoms with Crippen LogP contribution in [0.25, 0.3) is 0 Å². The van der Waals surface area contributed by atoms with E-state index in [4.69, 9.17) is 11.6 Å². The van der Waals surface area contributed by atoms with Crippen molar-refractivity contribution >= 4 is 44.4 Å². The van der Waals surface area contributed by atoms with Gasteiger partial charge in [-0.1, -0.05) is 25.4 Å². The van der Waals surface area contributed by atoms with Crippen molar-refractivity contribution in [3.63, 3.8) is 0 Å². The summed E-state index contributed by atoms with van der Waals surface area (Å²) >= 11 is 5.79. The van der Waals surface area contributed by atoms with Crippen LogP contribution in [0.1, 0.15) is 33.6 Å². The normalized spacial score (nSPS) is 12.1. The van der Waals surface area contributed by atoms with E-state index in [-0.39, 0.29) is 16.3 Å². The molecule has 0 aliphatic carbocycles. The van der Waals surface area contributed by atoms with Gasteiger partial charge in [-0.05, 0) is 62.1 Å². The zero-order valence-corrected chi connectivity index (χ0v) is 17.9. The number of nitrogens with zero attached hydrogens (tertiary/aromatic N) is 2. The summed E-state index contributed by atoms with van der Waals surface area (Å²) in [7, 11) is -4.01. The number of hydrogen-bond acceptors (Lipinski definition) is 6. The highest BCUT2D eigenvalue weighted by molar-refractivity contribution is 7.92. The van der Waals surface area contributed by atoms with Gasteiger partial charge in [0.05, 0.1) is 9.82 Å². The van der Waals surface area contributed by atoms with Crippen molar-refractivity contribution in [2.45, 2.75) is 38.5 Å². The van der Waals surface area contributed by atoms with Crippen molar-refractivity contribution < 1.29 is 13.3 Å². The minimum Gasteiger partial charge on any atom is -0.280 e. The fraction of sp³-hybridized carbons (Fsp3) is 0.316. The van der Waals surface area contributed by atoms with E-state index in [1.54, 1.807) is 0 Å². The lowest BCUT2D eigenvalue weighted by Gasteiger charge is -2.10. The van der Waals surface area contributed by atoms with Crippen LogP contribution in [0.5, 0.6) is 0 Å². The first-order valence-electron chi connectivity index (χ1n) is 8.94. The van der Waals surface area contributed by atoms with Crippen molar-refractivity contribution in [2.75, 3.05) is 10.1 Å². The van der Waals surface area contributed by atoms with E-state index in [2.05, 4.69) is 29.1 Å². The summed E-state index contributed by atoms with van der Waals surface area (Å²) in [5, 5.41) is 16.1. The first-order valence-corrected chi connectivity index (χ1v) is 10.8. The third kappa shape index (κ3) is 6.72. The third-order valence-electron chi connectivity index (χ3n) is 4.02. The van der Waals surface area contributed by atoms with Crippen LogP contribution in [0.4, 0.5) is 17.1 Å². The molecule has 0 radical (unpaired) electrons. The second-order valence-electron chi connectivity index (χ2n) is 6.94. The Morgan fingerprint density at radius 3 is 2.45 bits per heavy atom. The summed E-state index contributed by atoms with van der Waals surface area (Å²) in [4.78, 5) is 10.6. The van der Waals surface area contributed by atoms with Gasteiger partial charge >= 0.3 is 0 Å². The topological polar surface area (TPSA) is 114 Å². The molecule has 2 aromatic rings. The molecule has 0 aliphatic rings. The van der Waals surface area contributed by atoms with Crippen molar-refractivity contribution in [1.82, 2.24) is 0 Å². The molecule has 2 aromatic carbocycles. The second-order valence-corrected chi connectivity index (χ2v) is 9.06. The molecule has 0 spiro atoms. The van der Waals surface area contributed by atoms with E-state index in [0.29, 0.717) is 16.6 Å². The maximum atomic E-state index is 12.6. The highest BCUT2D eigenvalue weighted by atomic mass is 35.5. The molecular weight excluding hydrogens is 416 g/mol. The Kier molecular flexibility index (Phi) is 7.58. The molecule has 2 N–H and O–H groups in total. The van der Waals surface area contributed by atoms with Gasteiger partial charge in [-0.25, -0.2) is 8.42 Å². The Morgan fingerprint density at radius 1 is 1.21 bits per heavy atom. The van der Waals surface area contributed by atoms with E-state index < -0.39 is 14.9 Å². The number of hydrazone groups is 1. The molecule has 0 unspecified atom stereocenters. The summed E-state index contributed by atoms with van der Waals surface area (Å²) in [5.74, 6) is 0.520. The van der Waals surface area contributed by atoms with Gasteiger partial charge in [0.1, 0.15) is 5.69 Å². The summed E-state index contributed by atoms with van der Waals surface area (Å²) in [6, 6.07) is 9.68. The molecule has 0 aliphatic heterocycles. The van der Waals surface area contributed by atoms with Gasteiger partial charge < -0.3 is 0 Å². The van der Waals surface area contributed by atoms with E-state index in [0.717, 1.165) is 24.6 Å². The number of sulfonamides is 1. The second kappa shape index (κ2) is 9.71. The van der Waals surface area contributed by atoms with Crippen LogP contribution in [0.3, 0.4) is 0 Å². The molecule has 0 saturated heterocycles. The SMILES string of the molecule is CC(CCC(C)C)=NNc1ccc(S(=O)(=O)Nc2ccc(Cl)cc2)cc1[N+](=O)[O-]. The Hall–Kier alpha value is -2.65. The van der Waals surface area contributed by atoms with E-state index in [9.17, 15) is 18.5 Å². The lowest BCUT2D eigenvalue weighted by atomic mass is 10.1. The lowest BCUT2D eigenvalue weighted by Crippen LogP contribution is -2.13. The quantitative estimate of drug-likeness (QED) is 0.314. The van der Waals surface area contributed by atoms with Gasteiger partial charge in [-0.2, -0.15) is 5.10 Å². The molecule has 0 fully saturated rings. The van der Waals surface area contributed by atoms with Crippen molar-refractivity contribution in [3.05, 3.63) is 57.6 Å². The number of nitrogens with one attached hydrogen (secondary N) is 2. The van der Waals surface area contributed by atoms with Crippen LogP contribution >= 0.6 is 11.6 Å². The van der Waals surface area contributed by atoms with Gasteiger partial charge in [-0.15, -0.1) is 0 Å². The number of hydrogen-bond donors (Lipinski definition) is 2. The molecular formula is C19H23ClN4O4S. The molecule has 8 nitrogen and oxygen atoms in total. The van der Waals surface area contributed by atoms with Crippen molar-refractivity contribution in [2.24, 2.45) is 11.0 Å². The van der Waals surface area contributed by atoms with Crippen LogP contribution in [0.15, 0.2) is 52.5 Å². The zero-order chi connectivity index (χ0) is 21.6. The maximum absolute atomic E-state index is 12.6. The Balaban J connectivity index is 2.25. The van der Waals surface area contributed by atoms with E-state index >= 15 is 0 Å². The fourth-order valence-corrected chi connectivity index (χ4v) is 3.57. The smallest absolute Gasteiger partial charge is 0.280 e. The Labute approximate surface area is 175 Å². The number of halogens is 1. The summed E-state index contributed by atoms with van der Waals surface area (Å²) < 4.78 is 27.5. The highest BCUT2D eigenvalue weighted by Crippen LogP contribution is 2.29. The third-order valence-corrected chi connectivity index (χ3v) is 5.65. The first-order chi connectivity index (χ1) is 13.6. The molecule has 0 aromatic heterocycles. The molecule has 0 amide bonds. The summed E-state index contributed by atoms with van der Waals surface area (Å²) in [5.41, 5.74) is 3.50. The van der Waals surface area contributed by atoms with Crippen molar-refractivity contribution in [3.8, 4) is 0 Å². The minimum atomic E-state index is -4.01. The lowest BCUT2D eigenvalue weighted by molar-refractivity contribution is -0.384. The number of nitro groups is 1. The maximum Gasteiger partial charge on any atom is 0.295 e. The van der Waals surface area contributed by atoms with Gasteiger partial charge in [-0.3, -0.25) is 20.3 Å². The molecule has 0 bridgehead atoms. The highest BCUT2D eigenvalue weighted by Gasteiger charge is 2.21. The van der Waals surface area contributed by atoms with Crippen molar-refractivity contribution in [1.29, 1.82) is 0 Å². The Morgan fingerprint density at radius 2 is 1.86 bits per heavy atom. The molecule has 29 heavy (non-hydrogen) atoms. The molecule has 0 atom stereocenters. The molecule has 0 heterocycles. The zero-order valence-electron chi connectivity index (χ0n) is 16.3. The summed E-state index contributed by atoms with van der Waals surface area (Å²) in [6.45, 7) is 6.03. The van der Waals surface area contributed by atoms with Gasteiger partial charge in [0.25, 0.3) is 15.7 Å². The van der Waals surface area contributed by atoms with Gasteiger partial charge in [0.15, 0.2) is 0 Å². The molecule has 0 saturated carbocycles. The van der Waals surface area contributed by atoms with Crippen LogP contribution in [0, 0.1) is 16.0 Å². The fourth-order valence-electron chi connectivity index (χ4n) is 2.37. The predicted octanol–water partition coefficient (Wildman–Crippen LogP) is 5.27. The average Bonchev–Trinajstić information content (AvgIpc) is 2.66. The standard InChI is InChI=1S/C19H23ClN4O4S/c1-13(2)4-5-14(3)21-22-18-11-10-17(12-19(18)24(25)26)29(27,28)23-16-8-6-15(20)7-9-16/h6-13,22-23H,4-5H2,1-3H3. The molecule has 2 rings (SSSR count). The minimum absolute atomic E-state index is 0.115. The Bertz CT molecular complexity index is 1010. The van der Waals surface area contributed by atoms with Crippen LogP contribution in [-0.2, 0) is 10.0 Å². The van der Waals surface area contributed by atoms with E-state index in [1.807, 2.05) is 6.92 Å².